The van der Waals surface area contributed by atoms with Crippen LogP contribution in [0.1, 0.15) is 31.7 Å². The highest BCUT2D eigenvalue weighted by Crippen LogP contribution is 2.52. The number of H-pyrrole nitrogens is 2. The number of aromatic amines is 2. The van der Waals surface area contributed by atoms with Crippen molar-refractivity contribution in [2.75, 3.05) is 0 Å². The van der Waals surface area contributed by atoms with Crippen LogP contribution in [0.5, 0.6) is 0 Å². The second kappa shape index (κ2) is 4.91. The van der Waals surface area contributed by atoms with Gasteiger partial charge >= 0.3 is 5.69 Å². The van der Waals surface area contributed by atoms with Gasteiger partial charge < -0.3 is 4.98 Å². The van der Waals surface area contributed by atoms with Crippen LogP contribution < -0.4 is 11.2 Å². The lowest BCUT2D eigenvalue weighted by Gasteiger charge is -2.08. The smallest absolute Gasteiger partial charge is 0.313 e. The average Bonchev–Trinajstić information content (AvgIpc) is 3.16. The van der Waals surface area contributed by atoms with Crippen molar-refractivity contribution in [3.63, 3.8) is 0 Å². The SMILES string of the molecule is CC(C)[C@H]1C[C@@H]1c1cc(-c2c[nH]c(=O)[nH]c2=O)nn2nccc12. The average molecular weight is 311 g/mol. The predicted molar refractivity (Wildman–Crippen MR) is 85.4 cm³/mol. The van der Waals surface area contributed by atoms with Gasteiger partial charge in [0.05, 0.1) is 17.3 Å². The van der Waals surface area contributed by atoms with E-state index in [-0.39, 0.29) is 0 Å². The van der Waals surface area contributed by atoms with E-state index in [9.17, 15) is 9.59 Å². The van der Waals surface area contributed by atoms with Gasteiger partial charge in [0.25, 0.3) is 5.56 Å². The molecule has 23 heavy (non-hydrogen) atoms. The minimum atomic E-state index is -0.527. The van der Waals surface area contributed by atoms with Gasteiger partial charge in [-0.1, -0.05) is 13.8 Å². The third-order valence-corrected chi connectivity index (χ3v) is 4.61. The molecule has 0 saturated heterocycles. The van der Waals surface area contributed by atoms with E-state index in [2.05, 4.69) is 34.0 Å². The fourth-order valence-electron chi connectivity index (χ4n) is 3.28. The lowest BCUT2D eigenvalue weighted by Crippen LogP contribution is -2.23. The molecule has 7 nitrogen and oxygen atoms in total. The summed E-state index contributed by atoms with van der Waals surface area (Å²) in [5, 5.41) is 8.61. The first-order chi connectivity index (χ1) is 11.0. The summed E-state index contributed by atoms with van der Waals surface area (Å²) in [5.74, 6) is 1.74. The van der Waals surface area contributed by atoms with E-state index in [0.29, 0.717) is 29.0 Å². The number of hydrogen-bond donors (Lipinski definition) is 2. The van der Waals surface area contributed by atoms with Crippen molar-refractivity contribution >= 4 is 5.52 Å². The van der Waals surface area contributed by atoms with E-state index in [1.165, 1.54) is 6.20 Å². The maximum atomic E-state index is 12.0. The highest BCUT2D eigenvalue weighted by atomic mass is 16.2. The molecule has 0 aromatic carbocycles. The first-order valence-electron chi connectivity index (χ1n) is 7.72. The Labute approximate surface area is 131 Å². The lowest BCUT2D eigenvalue weighted by molar-refractivity contribution is 0.548. The molecule has 4 rings (SSSR count). The molecule has 7 heteroatoms. The first kappa shape index (κ1) is 13.9. The summed E-state index contributed by atoms with van der Waals surface area (Å²) in [6.45, 7) is 4.46. The number of rotatable bonds is 3. The summed E-state index contributed by atoms with van der Waals surface area (Å²) >= 11 is 0. The molecular formula is C16H17N5O2. The minimum Gasteiger partial charge on any atom is -0.313 e. The van der Waals surface area contributed by atoms with Crippen molar-refractivity contribution in [3.05, 3.63) is 50.9 Å². The van der Waals surface area contributed by atoms with Crippen molar-refractivity contribution in [2.45, 2.75) is 26.2 Å². The van der Waals surface area contributed by atoms with Gasteiger partial charge in [-0.05, 0) is 41.9 Å². The summed E-state index contributed by atoms with van der Waals surface area (Å²) in [5.41, 5.74) is 2.02. The van der Waals surface area contributed by atoms with E-state index in [4.69, 9.17) is 0 Å². The molecule has 3 aromatic rings. The summed E-state index contributed by atoms with van der Waals surface area (Å²) in [6.07, 6.45) is 4.25. The Morgan fingerprint density at radius 3 is 2.87 bits per heavy atom. The highest BCUT2D eigenvalue weighted by Gasteiger charge is 2.41. The molecule has 0 spiro atoms. The zero-order valence-corrected chi connectivity index (χ0v) is 12.9. The molecule has 1 aliphatic rings. The van der Waals surface area contributed by atoms with Gasteiger partial charge in [-0.15, -0.1) is 5.10 Å². The molecule has 0 aliphatic heterocycles. The largest absolute Gasteiger partial charge is 0.325 e. The Balaban J connectivity index is 1.89. The summed E-state index contributed by atoms with van der Waals surface area (Å²) in [6, 6.07) is 3.89. The molecular weight excluding hydrogens is 294 g/mol. The molecule has 1 fully saturated rings. The third kappa shape index (κ3) is 2.28. The zero-order chi connectivity index (χ0) is 16.1. The molecule has 118 valence electrons. The lowest BCUT2D eigenvalue weighted by atomic mass is 10.0. The Kier molecular flexibility index (Phi) is 2.97. The van der Waals surface area contributed by atoms with Gasteiger partial charge in [-0.2, -0.15) is 9.73 Å². The van der Waals surface area contributed by atoms with Crippen LogP contribution in [0.2, 0.25) is 0 Å². The standard InChI is InChI=1S/C16H17N5O2/c1-8(2)9-5-10(9)11-6-13(20-21-14(11)3-4-18-21)12-7-17-16(23)19-15(12)22/h3-4,6-10H,5H2,1-2H3,(H2,17,19,22,23)/t9-,10+/m1/s1. The maximum absolute atomic E-state index is 12.0. The predicted octanol–water partition coefficient (Wildman–Crippen LogP) is 1.53. The third-order valence-electron chi connectivity index (χ3n) is 4.61. The highest BCUT2D eigenvalue weighted by molar-refractivity contribution is 5.64. The molecule has 1 aliphatic carbocycles. The van der Waals surface area contributed by atoms with Crippen LogP contribution in [-0.2, 0) is 0 Å². The van der Waals surface area contributed by atoms with Crippen molar-refractivity contribution in [3.8, 4) is 11.3 Å². The fourth-order valence-corrected chi connectivity index (χ4v) is 3.28. The summed E-state index contributed by atoms with van der Waals surface area (Å²) < 4.78 is 1.56. The van der Waals surface area contributed by atoms with Gasteiger partial charge in [0.2, 0.25) is 0 Å². The molecule has 0 amide bonds. The number of fused-ring (bicyclic) bond motifs is 1. The number of nitrogens with one attached hydrogen (secondary N) is 2. The second-order valence-electron chi connectivity index (χ2n) is 6.43. The van der Waals surface area contributed by atoms with E-state index in [1.54, 1.807) is 10.8 Å². The minimum absolute atomic E-state index is 0.338. The second-order valence-corrected chi connectivity index (χ2v) is 6.43. The summed E-state index contributed by atoms with van der Waals surface area (Å²) in [4.78, 5) is 28.0. The van der Waals surface area contributed by atoms with Crippen LogP contribution in [0.3, 0.4) is 0 Å². The fraction of sp³-hybridized carbons (Fsp3) is 0.375. The van der Waals surface area contributed by atoms with Crippen molar-refractivity contribution in [2.24, 2.45) is 11.8 Å². The van der Waals surface area contributed by atoms with Gasteiger partial charge in [0.1, 0.15) is 5.69 Å². The van der Waals surface area contributed by atoms with Crippen molar-refractivity contribution < 1.29 is 0 Å². The molecule has 2 atom stereocenters. The van der Waals surface area contributed by atoms with E-state index in [0.717, 1.165) is 17.5 Å². The van der Waals surface area contributed by atoms with Crippen LogP contribution >= 0.6 is 0 Å². The van der Waals surface area contributed by atoms with Gasteiger partial charge in [0.15, 0.2) is 0 Å². The Hall–Kier alpha value is -2.70. The molecule has 2 N–H and O–H groups in total. The number of aromatic nitrogens is 5. The van der Waals surface area contributed by atoms with Crippen molar-refractivity contribution in [1.29, 1.82) is 0 Å². The monoisotopic (exact) mass is 311 g/mol. The van der Waals surface area contributed by atoms with E-state index in [1.807, 2.05) is 12.1 Å². The maximum Gasteiger partial charge on any atom is 0.325 e. The Morgan fingerprint density at radius 1 is 1.35 bits per heavy atom. The van der Waals surface area contributed by atoms with E-state index >= 15 is 0 Å². The number of hydrogen-bond acceptors (Lipinski definition) is 4. The molecule has 0 radical (unpaired) electrons. The molecule has 1 saturated carbocycles. The molecule has 0 bridgehead atoms. The number of nitrogens with zero attached hydrogens (tertiary/aromatic N) is 3. The van der Waals surface area contributed by atoms with Crippen LogP contribution in [0, 0.1) is 11.8 Å². The molecule has 3 heterocycles. The Bertz CT molecular complexity index is 997. The molecule has 3 aromatic heterocycles. The van der Waals surface area contributed by atoms with Gasteiger partial charge in [0, 0.05) is 6.20 Å². The Morgan fingerprint density at radius 2 is 2.17 bits per heavy atom. The van der Waals surface area contributed by atoms with E-state index < -0.39 is 11.2 Å². The zero-order valence-electron chi connectivity index (χ0n) is 12.9. The summed E-state index contributed by atoms with van der Waals surface area (Å²) in [7, 11) is 0. The van der Waals surface area contributed by atoms with Crippen LogP contribution in [0.25, 0.3) is 16.8 Å². The topological polar surface area (TPSA) is 95.9 Å². The normalized spacial score (nSPS) is 20.3. The first-order valence-corrected chi connectivity index (χ1v) is 7.72. The van der Waals surface area contributed by atoms with Crippen LogP contribution in [-0.4, -0.2) is 24.8 Å². The van der Waals surface area contributed by atoms with Gasteiger partial charge in [-0.25, -0.2) is 4.79 Å². The van der Waals surface area contributed by atoms with Gasteiger partial charge in [-0.3, -0.25) is 9.78 Å². The quantitative estimate of drug-likeness (QED) is 0.766. The van der Waals surface area contributed by atoms with Crippen LogP contribution in [0.15, 0.2) is 34.1 Å². The molecule has 0 unspecified atom stereocenters. The van der Waals surface area contributed by atoms with Crippen LogP contribution in [0.4, 0.5) is 0 Å². The van der Waals surface area contributed by atoms with Crippen molar-refractivity contribution in [1.82, 2.24) is 24.8 Å².